The first-order valence-corrected chi connectivity index (χ1v) is 13.7. The van der Waals surface area contributed by atoms with Gasteiger partial charge in [-0.3, -0.25) is 4.79 Å². The van der Waals surface area contributed by atoms with Crippen molar-refractivity contribution >= 4 is 40.2 Å². The number of carbonyl (C=O) groups excluding carboxylic acids is 2. The van der Waals surface area contributed by atoms with Crippen LogP contribution >= 0.6 is 11.6 Å². The second-order valence-corrected chi connectivity index (χ2v) is 11.6. The molecule has 1 N–H and O–H groups in total. The fourth-order valence-corrected chi connectivity index (χ4v) is 4.84. The van der Waals surface area contributed by atoms with Crippen molar-refractivity contribution in [2.75, 3.05) is 31.1 Å². The Balaban J connectivity index is 1.64. The fraction of sp³-hybridized carbons (Fsp3) is 0.433. The van der Waals surface area contributed by atoms with Crippen LogP contribution in [0.5, 0.6) is 0 Å². The smallest absolute Gasteiger partial charge is 0.410 e. The predicted octanol–water partition coefficient (Wildman–Crippen LogP) is 6.21. The molecular weight excluding hydrogens is 519 g/mol. The van der Waals surface area contributed by atoms with Gasteiger partial charge < -0.3 is 19.9 Å². The quantitative estimate of drug-likeness (QED) is 0.406. The first-order chi connectivity index (χ1) is 18.4. The molecule has 0 atom stereocenters. The van der Waals surface area contributed by atoms with Crippen LogP contribution in [0.1, 0.15) is 46.6 Å². The Kier molecular flexibility index (Phi) is 8.64. The van der Waals surface area contributed by atoms with Crippen LogP contribution in [-0.2, 0) is 16.0 Å². The van der Waals surface area contributed by atoms with E-state index in [1.165, 1.54) is 12.1 Å². The minimum absolute atomic E-state index is 0.00363. The number of fused-ring (bicyclic) bond motifs is 1. The summed E-state index contributed by atoms with van der Waals surface area (Å²) in [5.41, 5.74) is 3.22. The summed E-state index contributed by atoms with van der Waals surface area (Å²) in [5.74, 6) is -0.626. The Morgan fingerprint density at radius 1 is 1.08 bits per heavy atom. The number of benzene rings is 2. The highest BCUT2D eigenvalue weighted by atomic mass is 35.5. The van der Waals surface area contributed by atoms with Gasteiger partial charge in [-0.2, -0.15) is 0 Å². The van der Waals surface area contributed by atoms with Gasteiger partial charge in [0.15, 0.2) is 0 Å². The van der Waals surface area contributed by atoms with Crippen LogP contribution < -0.4 is 10.2 Å². The largest absolute Gasteiger partial charge is 0.444 e. The van der Waals surface area contributed by atoms with Crippen molar-refractivity contribution in [1.82, 2.24) is 15.2 Å². The molecule has 1 aliphatic rings. The molecule has 208 valence electrons. The van der Waals surface area contributed by atoms with Crippen LogP contribution in [0.4, 0.5) is 14.9 Å². The monoisotopic (exact) mass is 554 g/mol. The summed E-state index contributed by atoms with van der Waals surface area (Å²) in [6, 6.07) is 12.5. The van der Waals surface area contributed by atoms with Crippen LogP contribution in [0.25, 0.3) is 22.2 Å². The lowest BCUT2D eigenvalue weighted by molar-refractivity contribution is -0.120. The molecule has 0 spiro atoms. The molecule has 2 heterocycles. The average Bonchev–Trinajstić information content (AvgIpc) is 3.10. The summed E-state index contributed by atoms with van der Waals surface area (Å²) in [6.45, 7) is 12.1. The molecule has 0 unspecified atom stereocenters. The molecule has 1 saturated heterocycles. The Labute approximate surface area is 234 Å². The van der Waals surface area contributed by atoms with Crippen LogP contribution in [0, 0.1) is 5.82 Å². The minimum Gasteiger partial charge on any atom is -0.444 e. The molecule has 1 aliphatic heterocycles. The van der Waals surface area contributed by atoms with Gasteiger partial charge in [0.25, 0.3) is 0 Å². The summed E-state index contributed by atoms with van der Waals surface area (Å²) in [5, 5.41) is 3.83. The lowest BCUT2D eigenvalue weighted by Crippen LogP contribution is -2.39. The summed E-state index contributed by atoms with van der Waals surface area (Å²) in [4.78, 5) is 34.2. The lowest BCUT2D eigenvalue weighted by Gasteiger charge is -2.27. The molecule has 0 bridgehead atoms. The van der Waals surface area contributed by atoms with E-state index >= 15 is 0 Å². The Morgan fingerprint density at radius 2 is 1.85 bits per heavy atom. The van der Waals surface area contributed by atoms with E-state index in [1.54, 1.807) is 11.0 Å². The minimum atomic E-state index is -0.531. The SMILES string of the molecule is CC(C)NC(=O)Cc1cc2cc(N3CCCN(C(=O)OC(C)(C)C)CC3)ccc2nc1-c1ccc(F)c(Cl)c1. The van der Waals surface area contributed by atoms with Crippen molar-refractivity contribution in [2.24, 2.45) is 0 Å². The maximum Gasteiger partial charge on any atom is 0.410 e. The number of carbonyl (C=O) groups is 2. The molecule has 1 fully saturated rings. The van der Waals surface area contributed by atoms with Gasteiger partial charge in [-0.25, -0.2) is 14.2 Å². The highest BCUT2D eigenvalue weighted by Gasteiger charge is 2.25. The van der Waals surface area contributed by atoms with Crippen molar-refractivity contribution in [3.63, 3.8) is 0 Å². The van der Waals surface area contributed by atoms with Gasteiger partial charge >= 0.3 is 6.09 Å². The third-order valence-corrected chi connectivity index (χ3v) is 6.67. The second-order valence-electron chi connectivity index (χ2n) is 11.2. The zero-order valence-corrected chi connectivity index (χ0v) is 23.9. The number of nitrogens with one attached hydrogen (secondary N) is 1. The molecule has 39 heavy (non-hydrogen) atoms. The maximum atomic E-state index is 13.9. The third-order valence-electron chi connectivity index (χ3n) is 6.38. The molecule has 7 nitrogen and oxygen atoms in total. The fourth-order valence-electron chi connectivity index (χ4n) is 4.66. The van der Waals surface area contributed by atoms with Crippen LogP contribution in [0.3, 0.4) is 0 Å². The number of amides is 2. The molecule has 9 heteroatoms. The third kappa shape index (κ3) is 7.38. The standard InChI is InChI=1S/C30H36ClFN4O3/c1-19(2)33-27(37)18-22-15-21-16-23(35-11-6-12-36(14-13-35)29(38)39-30(3,4)5)8-10-26(21)34-28(22)20-7-9-25(32)24(31)17-20/h7-10,15-17,19H,6,11-14,18H2,1-5H3,(H,33,37). The summed E-state index contributed by atoms with van der Waals surface area (Å²) < 4.78 is 19.4. The maximum absolute atomic E-state index is 13.9. The molecule has 0 radical (unpaired) electrons. The van der Waals surface area contributed by atoms with Gasteiger partial charge in [0.05, 0.1) is 22.7 Å². The van der Waals surface area contributed by atoms with Crippen molar-refractivity contribution in [2.45, 2.75) is 59.1 Å². The number of halogens is 2. The van der Waals surface area contributed by atoms with E-state index in [2.05, 4.69) is 16.3 Å². The number of hydrogen-bond acceptors (Lipinski definition) is 5. The van der Waals surface area contributed by atoms with Crippen LogP contribution in [0.15, 0.2) is 42.5 Å². The Bertz CT molecular complexity index is 1370. The molecule has 0 aliphatic carbocycles. The molecular formula is C30H36ClFN4O3. The van der Waals surface area contributed by atoms with E-state index in [-0.39, 0.29) is 29.5 Å². The van der Waals surface area contributed by atoms with Gasteiger partial charge in [-0.15, -0.1) is 0 Å². The molecule has 2 amide bonds. The van der Waals surface area contributed by atoms with Gasteiger partial charge in [0.1, 0.15) is 11.4 Å². The van der Waals surface area contributed by atoms with Crippen molar-refractivity contribution in [3.8, 4) is 11.3 Å². The van der Waals surface area contributed by atoms with E-state index < -0.39 is 11.4 Å². The topological polar surface area (TPSA) is 74.8 Å². The highest BCUT2D eigenvalue weighted by Crippen LogP contribution is 2.31. The first-order valence-electron chi connectivity index (χ1n) is 13.3. The number of rotatable bonds is 5. The average molecular weight is 555 g/mol. The van der Waals surface area contributed by atoms with Crippen LogP contribution in [0.2, 0.25) is 5.02 Å². The zero-order valence-electron chi connectivity index (χ0n) is 23.2. The number of nitrogens with zero attached hydrogens (tertiary/aromatic N) is 3. The summed E-state index contributed by atoms with van der Waals surface area (Å²) >= 11 is 6.07. The van der Waals surface area contributed by atoms with Gasteiger partial charge in [0.2, 0.25) is 5.91 Å². The van der Waals surface area contributed by atoms with Crippen molar-refractivity contribution in [1.29, 1.82) is 0 Å². The number of pyridine rings is 1. The molecule has 0 saturated carbocycles. The molecule has 2 aromatic carbocycles. The van der Waals surface area contributed by atoms with Gasteiger partial charge in [-0.05, 0) is 89.1 Å². The first kappa shape index (κ1) is 28.6. The van der Waals surface area contributed by atoms with Crippen molar-refractivity contribution < 1.29 is 18.7 Å². The lowest BCUT2D eigenvalue weighted by atomic mass is 10.00. The van der Waals surface area contributed by atoms with E-state index in [0.717, 1.165) is 35.1 Å². The summed E-state index contributed by atoms with van der Waals surface area (Å²) in [7, 11) is 0. The second kappa shape index (κ2) is 11.8. The van der Waals surface area contributed by atoms with E-state index in [0.29, 0.717) is 30.9 Å². The number of hydrogen-bond donors (Lipinski definition) is 1. The Morgan fingerprint density at radius 3 is 2.54 bits per heavy atom. The van der Waals surface area contributed by atoms with Crippen molar-refractivity contribution in [3.05, 3.63) is 58.9 Å². The highest BCUT2D eigenvalue weighted by molar-refractivity contribution is 6.31. The number of aromatic nitrogens is 1. The van der Waals surface area contributed by atoms with E-state index in [1.807, 2.05) is 52.8 Å². The summed E-state index contributed by atoms with van der Waals surface area (Å²) in [6.07, 6.45) is 0.662. The van der Waals surface area contributed by atoms with E-state index in [9.17, 15) is 14.0 Å². The number of ether oxygens (including phenoxy) is 1. The van der Waals surface area contributed by atoms with Gasteiger partial charge in [-0.1, -0.05) is 11.6 Å². The Hall–Kier alpha value is -3.39. The molecule has 1 aromatic heterocycles. The number of anilines is 1. The normalized spacial score (nSPS) is 14.5. The molecule has 4 rings (SSSR count). The van der Waals surface area contributed by atoms with Crippen LogP contribution in [-0.4, -0.2) is 59.7 Å². The van der Waals surface area contributed by atoms with Gasteiger partial charge in [0, 0.05) is 48.9 Å². The zero-order chi connectivity index (χ0) is 28.3. The molecule has 3 aromatic rings. The van der Waals surface area contributed by atoms with E-state index in [4.69, 9.17) is 21.3 Å². The predicted molar refractivity (Wildman–Crippen MR) is 154 cm³/mol.